The number of carbonyl (C=O) groups excluding carboxylic acids is 1. The monoisotopic (exact) mass is 263 g/mol. The summed E-state index contributed by atoms with van der Waals surface area (Å²) in [7, 11) is 0. The molecule has 19 heavy (non-hydrogen) atoms. The lowest BCUT2D eigenvalue weighted by atomic mass is 10.0. The smallest absolute Gasteiger partial charge is 0.344 e. The average Bonchev–Trinajstić information content (AvgIpc) is 2.34. The highest BCUT2D eigenvalue weighted by atomic mass is 16.6. The van der Waals surface area contributed by atoms with Gasteiger partial charge in [0.15, 0.2) is 6.61 Å². The minimum atomic E-state index is -0.477. The van der Waals surface area contributed by atoms with Crippen molar-refractivity contribution in [2.24, 2.45) is 0 Å². The summed E-state index contributed by atoms with van der Waals surface area (Å²) in [6.07, 6.45) is 2.18. The standard InChI is InChI=1S/C15H21NO3/c1-15(2,3)19-13(17)10-18-12-8-4-6-11-7-5-9-16-14(11)12/h4,6,8,16H,5,7,9-10H2,1-3H3. The van der Waals surface area contributed by atoms with Crippen molar-refractivity contribution in [3.05, 3.63) is 23.8 Å². The zero-order valence-electron chi connectivity index (χ0n) is 11.8. The summed E-state index contributed by atoms with van der Waals surface area (Å²) < 4.78 is 10.8. The number of hydrogen-bond acceptors (Lipinski definition) is 4. The highest BCUT2D eigenvalue weighted by Crippen LogP contribution is 2.31. The van der Waals surface area contributed by atoms with Gasteiger partial charge in [0.2, 0.25) is 0 Å². The number of nitrogens with one attached hydrogen (secondary N) is 1. The SMILES string of the molecule is CC(C)(C)OC(=O)COc1cccc2c1NCCC2. The van der Waals surface area contributed by atoms with Crippen molar-refractivity contribution in [2.45, 2.75) is 39.2 Å². The van der Waals surface area contributed by atoms with Crippen LogP contribution in [0.4, 0.5) is 5.69 Å². The molecule has 1 aliphatic rings. The van der Waals surface area contributed by atoms with Crippen molar-refractivity contribution in [2.75, 3.05) is 18.5 Å². The van der Waals surface area contributed by atoms with E-state index in [1.807, 2.05) is 32.9 Å². The molecule has 0 atom stereocenters. The number of fused-ring (bicyclic) bond motifs is 1. The molecule has 1 aromatic carbocycles. The lowest BCUT2D eigenvalue weighted by Crippen LogP contribution is -2.27. The van der Waals surface area contributed by atoms with Gasteiger partial charge >= 0.3 is 5.97 Å². The molecule has 1 heterocycles. The zero-order valence-corrected chi connectivity index (χ0v) is 11.8. The molecule has 0 saturated carbocycles. The van der Waals surface area contributed by atoms with Gasteiger partial charge in [-0.05, 0) is 45.2 Å². The third kappa shape index (κ3) is 3.88. The lowest BCUT2D eigenvalue weighted by Gasteiger charge is -2.22. The number of anilines is 1. The lowest BCUT2D eigenvalue weighted by molar-refractivity contribution is -0.157. The highest BCUT2D eigenvalue weighted by Gasteiger charge is 2.18. The van der Waals surface area contributed by atoms with Crippen LogP contribution in [0.5, 0.6) is 5.75 Å². The van der Waals surface area contributed by atoms with Gasteiger partial charge in [-0.25, -0.2) is 4.79 Å². The van der Waals surface area contributed by atoms with Crippen LogP contribution in [0.3, 0.4) is 0 Å². The van der Waals surface area contributed by atoms with E-state index in [4.69, 9.17) is 9.47 Å². The molecule has 0 bridgehead atoms. The van der Waals surface area contributed by atoms with E-state index in [1.165, 1.54) is 5.56 Å². The van der Waals surface area contributed by atoms with E-state index < -0.39 is 5.60 Å². The van der Waals surface area contributed by atoms with Gasteiger partial charge in [-0.2, -0.15) is 0 Å². The minimum absolute atomic E-state index is 0.0601. The molecule has 104 valence electrons. The van der Waals surface area contributed by atoms with E-state index in [0.29, 0.717) is 0 Å². The number of hydrogen-bond donors (Lipinski definition) is 1. The zero-order chi connectivity index (χ0) is 13.9. The van der Waals surface area contributed by atoms with Crippen LogP contribution in [0, 0.1) is 0 Å². The normalized spacial score (nSPS) is 14.3. The third-order valence-corrected chi connectivity index (χ3v) is 2.80. The molecule has 0 aliphatic carbocycles. The topological polar surface area (TPSA) is 47.6 Å². The first-order valence-electron chi connectivity index (χ1n) is 6.66. The van der Waals surface area contributed by atoms with Crippen LogP contribution >= 0.6 is 0 Å². The summed E-state index contributed by atoms with van der Waals surface area (Å²) in [5.74, 6) is 0.379. The number of rotatable bonds is 3. The second-order valence-electron chi connectivity index (χ2n) is 5.70. The molecular formula is C15H21NO3. The molecule has 0 spiro atoms. The second-order valence-corrected chi connectivity index (χ2v) is 5.70. The predicted molar refractivity (Wildman–Crippen MR) is 74.6 cm³/mol. The summed E-state index contributed by atoms with van der Waals surface area (Å²) in [6.45, 7) is 6.42. The summed E-state index contributed by atoms with van der Waals surface area (Å²) in [4.78, 5) is 11.6. The number of ether oxygens (including phenoxy) is 2. The Balaban J connectivity index is 1.98. The van der Waals surface area contributed by atoms with Gasteiger partial charge in [0.05, 0.1) is 5.69 Å². The van der Waals surface area contributed by atoms with Gasteiger partial charge < -0.3 is 14.8 Å². The van der Waals surface area contributed by atoms with Crippen molar-refractivity contribution in [1.29, 1.82) is 0 Å². The van der Waals surface area contributed by atoms with E-state index in [9.17, 15) is 4.79 Å². The van der Waals surface area contributed by atoms with E-state index in [1.54, 1.807) is 0 Å². The summed E-state index contributed by atoms with van der Waals surface area (Å²) in [5, 5.41) is 3.33. The molecule has 0 amide bonds. The van der Waals surface area contributed by atoms with Crippen LogP contribution in [-0.4, -0.2) is 24.7 Å². The van der Waals surface area contributed by atoms with E-state index in [0.717, 1.165) is 30.8 Å². The van der Waals surface area contributed by atoms with Crippen LogP contribution in [0.25, 0.3) is 0 Å². The maximum atomic E-state index is 11.6. The molecular weight excluding hydrogens is 242 g/mol. The number of esters is 1. The van der Waals surface area contributed by atoms with Gasteiger partial charge in [-0.3, -0.25) is 0 Å². The first-order valence-corrected chi connectivity index (χ1v) is 6.66. The van der Waals surface area contributed by atoms with Gasteiger partial charge in [0.25, 0.3) is 0 Å². The molecule has 4 heteroatoms. The Morgan fingerprint density at radius 2 is 2.16 bits per heavy atom. The van der Waals surface area contributed by atoms with Crippen LogP contribution < -0.4 is 10.1 Å². The largest absolute Gasteiger partial charge is 0.480 e. The molecule has 0 radical (unpaired) electrons. The van der Waals surface area contributed by atoms with Gasteiger partial charge in [-0.1, -0.05) is 12.1 Å². The van der Waals surface area contributed by atoms with Crippen molar-refractivity contribution < 1.29 is 14.3 Å². The van der Waals surface area contributed by atoms with Crippen molar-refractivity contribution in [1.82, 2.24) is 0 Å². The first kappa shape index (κ1) is 13.7. The second kappa shape index (κ2) is 5.51. The fraction of sp³-hybridized carbons (Fsp3) is 0.533. The molecule has 0 saturated heterocycles. The highest BCUT2D eigenvalue weighted by molar-refractivity contribution is 5.72. The predicted octanol–water partition coefficient (Wildman–Crippen LogP) is 2.77. The van der Waals surface area contributed by atoms with Gasteiger partial charge in [0.1, 0.15) is 11.4 Å². The Morgan fingerprint density at radius 3 is 2.89 bits per heavy atom. The molecule has 1 N–H and O–H groups in total. The van der Waals surface area contributed by atoms with Crippen LogP contribution in [0.1, 0.15) is 32.8 Å². The number of para-hydroxylation sites is 1. The molecule has 0 fully saturated rings. The van der Waals surface area contributed by atoms with Crippen LogP contribution in [0.15, 0.2) is 18.2 Å². The summed E-state index contributed by atoms with van der Waals surface area (Å²) in [6, 6.07) is 5.92. The maximum Gasteiger partial charge on any atom is 0.344 e. The fourth-order valence-electron chi connectivity index (χ4n) is 2.11. The van der Waals surface area contributed by atoms with E-state index in [-0.39, 0.29) is 12.6 Å². The Hall–Kier alpha value is -1.71. The molecule has 0 unspecified atom stereocenters. The minimum Gasteiger partial charge on any atom is -0.480 e. The van der Waals surface area contributed by atoms with Gasteiger partial charge in [-0.15, -0.1) is 0 Å². The Morgan fingerprint density at radius 1 is 1.37 bits per heavy atom. The molecule has 4 nitrogen and oxygen atoms in total. The quantitative estimate of drug-likeness (QED) is 0.852. The third-order valence-electron chi connectivity index (χ3n) is 2.80. The Bertz CT molecular complexity index is 463. The first-order chi connectivity index (χ1) is 8.96. The number of benzene rings is 1. The van der Waals surface area contributed by atoms with Crippen LogP contribution in [-0.2, 0) is 16.0 Å². The molecule has 1 aromatic rings. The van der Waals surface area contributed by atoms with Gasteiger partial charge in [0, 0.05) is 6.54 Å². The van der Waals surface area contributed by atoms with Crippen molar-refractivity contribution in [3.8, 4) is 5.75 Å². The average molecular weight is 263 g/mol. The maximum absolute atomic E-state index is 11.6. The van der Waals surface area contributed by atoms with Crippen LogP contribution in [0.2, 0.25) is 0 Å². The van der Waals surface area contributed by atoms with Crippen molar-refractivity contribution >= 4 is 11.7 Å². The number of aryl methyl sites for hydroxylation is 1. The Kier molecular flexibility index (Phi) is 3.98. The van der Waals surface area contributed by atoms with Crippen molar-refractivity contribution in [3.63, 3.8) is 0 Å². The molecule has 0 aromatic heterocycles. The fourth-order valence-corrected chi connectivity index (χ4v) is 2.11. The molecule has 1 aliphatic heterocycles. The van der Waals surface area contributed by atoms with E-state index in [2.05, 4.69) is 11.4 Å². The summed E-state index contributed by atoms with van der Waals surface area (Å²) in [5.41, 5.74) is 1.78. The van der Waals surface area contributed by atoms with E-state index >= 15 is 0 Å². The molecule has 2 rings (SSSR count). The Labute approximate surface area is 114 Å². The summed E-state index contributed by atoms with van der Waals surface area (Å²) >= 11 is 0. The number of carbonyl (C=O) groups is 1.